The molecule has 1 N–H and O–H groups in total. The fraction of sp³-hybridized carbons (Fsp3) is 0.333. The zero-order valence-electron chi connectivity index (χ0n) is 12.3. The summed E-state index contributed by atoms with van der Waals surface area (Å²) in [5, 5.41) is 3.33. The number of halogens is 1. The highest BCUT2D eigenvalue weighted by Gasteiger charge is 2.09. The summed E-state index contributed by atoms with van der Waals surface area (Å²) in [6.07, 6.45) is 0. The molecule has 0 bridgehead atoms. The Hall–Kier alpha value is -1.66. The van der Waals surface area contributed by atoms with Crippen LogP contribution in [0, 0.1) is 0 Å². The van der Waals surface area contributed by atoms with Crippen LogP contribution in [0.2, 0.25) is 0 Å². The number of nitrogens with zero attached hydrogens (tertiary/aromatic N) is 2. The van der Waals surface area contributed by atoms with Gasteiger partial charge in [-0.3, -0.25) is 13.9 Å². The summed E-state index contributed by atoms with van der Waals surface area (Å²) >= 11 is 3.41. The van der Waals surface area contributed by atoms with Crippen LogP contribution in [0.5, 0.6) is 0 Å². The Morgan fingerprint density at radius 1 is 1.14 bits per heavy atom. The van der Waals surface area contributed by atoms with Crippen LogP contribution in [0.1, 0.15) is 24.2 Å². The molecule has 0 saturated heterocycles. The van der Waals surface area contributed by atoms with Crippen LogP contribution in [-0.4, -0.2) is 9.13 Å². The number of aromatic nitrogens is 2. The zero-order chi connectivity index (χ0) is 15.6. The SMILES string of the molecule is C[C@H](NCc1cc(=O)n(C)c(=O)n1C)c1ccc(Br)cc1. The van der Waals surface area contributed by atoms with Gasteiger partial charge in [-0.25, -0.2) is 4.79 Å². The van der Waals surface area contributed by atoms with Gasteiger partial charge in [-0.05, 0) is 24.6 Å². The Labute approximate surface area is 131 Å². The van der Waals surface area contributed by atoms with Crippen LogP contribution in [-0.2, 0) is 20.6 Å². The average molecular weight is 352 g/mol. The summed E-state index contributed by atoms with van der Waals surface area (Å²) in [7, 11) is 3.15. The van der Waals surface area contributed by atoms with Gasteiger partial charge in [-0.1, -0.05) is 28.1 Å². The van der Waals surface area contributed by atoms with Crippen molar-refractivity contribution in [1.82, 2.24) is 14.5 Å². The fourth-order valence-electron chi connectivity index (χ4n) is 2.07. The third kappa shape index (κ3) is 3.51. The van der Waals surface area contributed by atoms with E-state index >= 15 is 0 Å². The van der Waals surface area contributed by atoms with Gasteiger partial charge in [0.05, 0.1) is 0 Å². The smallest absolute Gasteiger partial charge is 0.305 e. The molecule has 0 fully saturated rings. The van der Waals surface area contributed by atoms with E-state index < -0.39 is 0 Å². The van der Waals surface area contributed by atoms with E-state index in [0.717, 1.165) is 14.6 Å². The minimum atomic E-state index is -0.310. The lowest BCUT2D eigenvalue weighted by Gasteiger charge is -2.16. The minimum Gasteiger partial charge on any atom is -0.305 e. The Kier molecular flexibility index (Phi) is 4.80. The van der Waals surface area contributed by atoms with Gasteiger partial charge in [0, 0.05) is 42.9 Å². The maximum absolute atomic E-state index is 11.9. The Balaban J connectivity index is 2.15. The van der Waals surface area contributed by atoms with Crippen LogP contribution >= 0.6 is 15.9 Å². The van der Waals surface area contributed by atoms with Crippen molar-refractivity contribution in [3.05, 3.63) is 66.9 Å². The molecule has 0 radical (unpaired) electrons. The van der Waals surface area contributed by atoms with Crippen LogP contribution in [0.15, 0.2) is 44.4 Å². The summed E-state index contributed by atoms with van der Waals surface area (Å²) in [5.74, 6) is 0. The van der Waals surface area contributed by atoms with Crippen molar-refractivity contribution in [2.45, 2.75) is 19.5 Å². The molecule has 0 aliphatic carbocycles. The molecule has 0 aliphatic rings. The summed E-state index contributed by atoms with van der Waals surface area (Å²) in [4.78, 5) is 23.5. The first kappa shape index (κ1) is 15.7. The molecule has 1 aromatic carbocycles. The van der Waals surface area contributed by atoms with E-state index in [4.69, 9.17) is 0 Å². The fourth-order valence-corrected chi connectivity index (χ4v) is 2.34. The lowest BCUT2D eigenvalue weighted by Crippen LogP contribution is -2.39. The second-order valence-corrected chi connectivity index (χ2v) is 5.94. The van der Waals surface area contributed by atoms with E-state index in [9.17, 15) is 9.59 Å². The van der Waals surface area contributed by atoms with Crippen LogP contribution in [0.4, 0.5) is 0 Å². The average Bonchev–Trinajstić information content (AvgIpc) is 2.48. The quantitative estimate of drug-likeness (QED) is 0.911. The molecule has 5 nitrogen and oxygen atoms in total. The van der Waals surface area contributed by atoms with E-state index in [2.05, 4.69) is 21.2 Å². The highest BCUT2D eigenvalue weighted by molar-refractivity contribution is 9.10. The van der Waals surface area contributed by atoms with Gasteiger partial charge < -0.3 is 5.32 Å². The molecule has 0 aliphatic heterocycles. The molecule has 0 spiro atoms. The largest absolute Gasteiger partial charge is 0.330 e. The monoisotopic (exact) mass is 351 g/mol. The Morgan fingerprint density at radius 3 is 2.38 bits per heavy atom. The minimum absolute atomic E-state index is 0.122. The van der Waals surface area contributed by atoms with E-state index in [1.807, 2.05) is 31.2 Å². The number of hydrogen-bond acceptors (Lipinski definition) is 3. The van der Waals surface area contributed by atoms with E-state index in [0.29, 0.717) is 12.2 Å². The molecular weight excluding hydrogens is 334 g/mol. The second kappa shape index (κ2) is 6.41. The number of nitrogens with one attached hydrogen (secondary N) is 1. The maximum Gasteiger partial charge on any atom is 0.330 e. The summed E-state index contributed by atoms with van der Waals surface area (Å²) in [5.41, 5.74) is 1.22. The van der Waals surface area contributed by atoms with E-state index in [1.165, 1.54) is 17.7 Å². The van der Waals surface area contributed by atoms with Gasteiger partial charge in [-0.2, -0.15) is 0 Å². The van der Waals surface area contributed by atoms with Crippen molar-refractivity contribution < 1.29 is 0 Å². The third-order valence-corrected chi connectivity index (χ3v) is 4.11. The van der Waals surface area contributed by atoms with Crippen LogP contribution < -0.4 is 16.6 Å². The highest BCUT2D eigenvalue weighted by atomic mass is 79.9. The molecule has 6 heteroatoms. The third-order valence-electron chi connectivity index (χ3n) is 3.58. The molecule has 0 saturated carbocycles. The Bertz CT molecular complexity index is 747. The second-order valence-electron chi connectivity index (χ2n) is 5.03. The summed E-state index contributed by atoms with van der Waals surface area (Å²) in [6, 6.07) is 9.65. The lowest BCUT2D eigenvalue weighted by atomic mass is 10.1. The first-order valence-corrected chi connectivity index (χ1v) is 7.44. The molecule has 2 rings (SSSR count). The first-order chi connectivity index (χ1) is 9.90. The van der Waals surface area contributed by atoms with Crippen LogP contribution in [0.25, 0.3) is 0 Å². The van der Waals surface area contributed by atoms with E-state index in [-0.39, 0.29) is 17.3 Å². The predicted molar refractivity (Wildman–Crippen MR) is 86.3 cm³/mol. The standard InChI is InChI=1S/C15H18BrN3O2/c1-10(11-4-6-12(16)7-5-11)17-9-13-8-14(20)19(3)15(21)18(13)2/h4-8,10,17H,9H2,1-3H3/t10-/m0/s1. The number of rotatable bonds is 4. The Morgan fingerprint density at radius 2 is 1.76 bits per heavy atom. The summed E-state index contributed by atoms with van der Waals surface area (Å²) < 4.78 is 3.62. The van der Waals surface area contributed by atoms with Gasteiger partial charge in [0.25, 0.3) is 5.56 Å². The van der Waals surface area contributed by atoms with Gasteiger partial charge in [-0.15, -0.1) is 0 Å². The van der Waals surface area contributed by atoms with Gasteiger partial charge in [0.2, 0.25) is 0 Å². The maximum atomic E-state index is 11.9. The van der Waals surface area contributed by atoms with Gasteiger partial charge in [0.15, 0.2) is 0 Å². The van der Waals surface area contributed by atoms with Crippen molar-refractivity contribution in [3.63, 3.8) is 0 Å². The number of benzene rings is 1. The molecule has 0 amide bonds. The molecular formula is C15H18BrN3O2. The van der Waals surface area contributed by atoms with E-state index in [1.54, 1.807) is 7.05 Å². The van der Waals surface area contributed by atoms with Crippen molar-refractivity contribution in [3.8, 4) is 0 Å². The zero-order valence-corrected chi connectivity index (χ0v) is 13.8. The van der Waals surface area contributed by atoms with Crippen molar-refractivity contribution in [1.29, 1.82) is 0 Å². The highest BCUT2D eigenvalue weighted by Crippen LogP contribution is 2.16. The normalized spacial score (nSPS) is 12.4. The van der Waals surface area contributed by atoms with Gasteiger partial charge >= 0.3 is 5.69 Å². The molecule has 21 heavy (non-hydrogen) atoms. The molecule has 1 aromatic heterocycles. The molecule has 1 atom stereocenters. The van der Waals surface area contributed by atoms with Crippen molar-refractivity contribution in [2.24, 2.45) is 14.1 Å². The van der Waals surface area contributed by atoms with Gasteiger partial charge in [0.1, 0.15) is 0 Å². The molecule has 0 unspecified atom stereocenters. The molecule has 112 valence electrons. The van der Waals surface area contributed by atoms with Crippen LogP contribution in [0.3, 0.4) is 0 Å². The molecule has 1 heterocycles. The van der Waals surface area contributed by atoms with Crippen molar-refractivity contribution in [2.75, 3.05) is 0 Å². The summed E-state index contributed by atoms with van der Waals surface area (Å²) in [6.45, 7) is 2.50. The van der Waals surface area contributed by atoms with Crippen molar-refractivity contribution >= 4 is 15.9 Å². The number of hydrogen-bond donors (Lipinski definition) is 1. The molecule has 2 aromatic rings. The topological polar surface area (TPSA) is 56.0 Å². The first-order valence-electron chi connectivity index (χ1n) is 6.65. The lowest BCUT2D eigenvalue weighted by molar-refractivity contribution is 0.540. The predicted octanol–water partition coefficient (Wildman–Crippen LogP) is 1.70.